The summed E-state index contributed by atoms with van der Waals surface area (Å²) in [6, 6.07) is 31.0. The third kappa shape index (κ3) is 3.57. The van der Waals surface area contributed by atoms with E-state index in [4.69, 9.17) is 4.74 Å². The zero-order chi connectivity index (χ0) is 28.0. The molecule has 0 amide bonds. The molecule has 0 saturated heterocycles. The fourth-order valence-electron chi connectivity index (χ4n) is 7.00. The van der Waals surface area contributed by atoms with E-state index < -0.39 is 17.6 Å². The van der Waals surface area contributed by atoms with Crippen molar-refractivity contribution in [3.63, 3.8) is 0 Å². The Balaban J connectivity index is 1.45. The summed E-state index contributed by atoms with van der Waals surface area (Å²) in [5.74, 6) is 1.49. The standard InChI is InChI=1S/C35H34N4O.Pt/c1-33(2)28-14-10-16-30(22-28)40-31-17-11-15-29(23-31)35(18-8-9-19-35)38-24-32(27-12-6-5-7-13-27)39(26-38)34(3,4)37-21-20-36(33)25-37;/h5-7,10-17,20-21,24H,8-9,18-19H2,1-4H3;/q-2;. The summed E-state index contributed by atoms with van der Waals surface area (Å²) in [5, 5.41) is 0. The Labute approximate surface area is 250 Å². The van der Waals surface area contributed by atoms with Crippen molar-refractivity contribution in [2.45, 2.75) is 70.1 Å². The predicted octanol–water partition coefficient (Wildman–Crippen LogP) is 6.81. The van der Waals surface area contributed by atoms with Crippen LogP contribution in [0.5, 0.6) is 11.5 Å². The molecule has 6 heteroatoms. The van der Waals surface area contributed by atoms with Crippen LogP contribution in [0.1, 0.15) is 70.1 Å². The molecule has 0 radical (unpaired) electrons. The fourth-order valence-corrected chi connectivity index (χ4v) is 11.7. The van der Waals surface area contributed by atoms with E-state index in [-0.39, 0.29) is 16.7 Å². The van der Waals surface area contributed by atoms with Crippen molar-refractivity contribution < 1.29 is 22.4 Å². The number of hydrogen-bond acceptors (Lipinski definition) is 5. The molecule has 1 fully saturated rings. The molecule has 3 aromatic carbocycles. The number of hydrogen-bond donors (Lipinski definition) is 0. The molecular formula is C35H34N4OPt-2. The Morgan fingerprint density at radius 3 is 2.10 bits per heavy atom. The van der Waals surface area contributed by atoms with Crippen molar-refractivity contribution in [1.82, 2.24) is 19.6 Å². The number of nitrogens with zero attached hydrogens (tertiary/aromatic N) is 4. The molecule has 1 aliphatic carbocycles. The van der Waals surface area contributed by atoms with E-state index in [9.17, 15) is 0 Å². The molecule has 5 nitrogen and oxygen atoms in total. The molecule has 6 bridgehead atoms. The van der Waals surface area contributed by atoms with E-state index in [2.05, 4.69) is 133 Å². The van der Waals surface area contributed by atoms with Crippen LogP contribution in [0.4, 0.5) is 0 Å². The Morgan fingerprint density at radius 1 is 0.707 bits per heavy atom. The average molecular weight is 722 g/mol. The maximum absolute atomic E-state index is 6.47. The molecule has 3 aromatic rings. The van der Waals surface area contributed by atoms with Crippen molar-refractivity contribution in [2.24, 2.45) is 0 Å². The van der Waals surface area contributed by atoms with Gasteiger partial charge in [0.15, 0.2) is 0 Å². The van der Waals surface area contributed by atoms with E-state index in [1.54, 1.807) is 0 Å². The molecule has 0 aromatic heterocycles. The Bertz CT molecular complexity index is 1690. The van der Waals surface area contributed by atoms with Gasteiger partial charge in [-0.05, 0) is 0 Å². The quantitative estimate of drug-likeness (QED) is 0.257. The molecule has 1 saturated carbocycles. The van der Waals surface area contributed by atoms with Crippen LogP contribution in [0, 0.1) is 12.1 Å². The monoisotopic (exact) mass is 721 g/mol. The Hall–Kier alpha value is -3.43. The topological polar surface area (TPSA) is 22.2 Å². The Morgan fingerprint density at radius 2 is 1.37 bits per heavy atom. The van der Waals surface area contributed by atoms with Crippen LogP contribution >= 0.6 is 0 Å². The molecule has 4 aliphatic heterocycles. The first-order valence-corrected chi connectivity index (χ1v) is 16.8. The van der Waals surface area contributed by atoms with Crippen LogP contribution in [0.2, 0.25) is 0 Å². The number of ether oxygens (including phenoxy) is 1. The van der Waals surface area contributed by atoms with Crippen molar-refractivity contribution in [3.05, 3.63) is 114 Å². The van der Waals surface area contributed by atoms with Crippen LogP contribution in [0.15, 0.2) is 85.3 Å². The SMILES string of the molecule is CC1(C)c2[c-]c(ccc2)Oc2[c-]c(ccc2)C2(CCCC2)N2C=C(c3ccccc3)N3[C]2=[Pt]=[C]2N1C=CN2C3(C)C. The van der Waals surface area contributed by atoms with Crippen LogP contribution in [0.3, 0.4) is 0 Å². The first-order chi connectivity index (χ1) is 19.8. The summed E-state index contributed by atoms with van der Waals surface area (Å²) in [6.45, 7) is 9.34. The third-order valence-electron chi connectivity index (χ3n) is 9.34. The van der Waals surface area contributed by atoms with Crippen LogP contribution in [-0.4, -0.2) is 33.6 Å². The van der Waals surface area contributed by atoms with Gasteiger partial charge in [0.25, 0.3) is 0 Å². The second-order valence-electron chi connectivity index (χ2n) is 12.4. The van der Waals surface area contributed by atoms with Gasteiger partial charge < -0.3 is 0 Å². The van der Waals surface area contributed by atoms with Gasteiger partial charge in [-0.2, -0.15) is 0 Å². The van der Waals surface area contributed by atoms with Gasteiger partial charge in [0.05, 0.1) is 0 Å². The fraction of sp³-hybridized carbons (Fsp3) is 0.314. The minimum atomic E-state index is -0.576. The van der Waals surface area contributed by atoms with E-state index in [0.717, 1.165) is 29.9 Å². The summed E-state index contributed by atoms with van der Waals surface area (Å²) < 4.78 is 9.32. The Kier molecular flexibility index (Phi) is 5.42. The minimum absolute atomic E-state index is 0.162. The second-order valence-corrected chi connectivity index (χ2v) is 15.0. The van der Waals surface area contributed by atoms with Crippen molar-refractivity contribution in [1.29, 1.82) is 0 Å². The van der Waals surface area contributed by atoms with Gasteiger partial charge in [-0.15, -0.1) is 0 Å². The number of rotatable bonds is 1. The maximum atomic E-state index is 6.47. The first kappa shape index (κ1) is 25.3. The zero-order valence-corrected chi connectivity index (χ0v) is 26.2. The number of fused-ring (bicyclic) bond motifs is 6. The first-order valence-electron chi connectivity index (χ1n) is 14.5. The van der Waals surface area contributed by atoms with E-state index in [1.165, 1.54) is 38.0 Å². The van der Waals surface area contributed by atoms with Crippen molar-refractivity contribution >= 4 is 14.0 Å². The zero-order valence-electron chi connectivity index (χ0n) is 23.9. The molecule has 0 unspecified atom stereocenters. The molecule has 1 spiro atoms. The molecule has 5 aliphatic rings. The van der Waals surface area contributed by atoms with Crippen molar-refractivity contribution in [2.75, 3.05) is 0 Å². The molecule has 8 rings (SSSR count). The van der Waals surface area contributed by atoms with E-state index in [0.29, 0.717) is 0 Å². The molecule has 0 atom stereocenters. The van der Waals surface area contributed by atoms with Gasteiger partial charge in [0, 0.05) is 0 Å². The van der Waals surface area contributed by atoms with Crippen LogP contribution in [0.25, 0.3) is 5.70 Å². The predicted molar refractivity (Wildman–Crippen MR) is 159 cm³/mol. The summed E-state index contributed by atoms with van der Waals surface area (Å²) in [5.41, 5.74) is 4.09. The van der Waals surface area contributed by atoms with Gasteiger partial charge in [-0.3, -0.25) is 0 Å². The number of benzene rings is 3. The average Bonchev–Trinajstić information content (AvgIpc) is 3.72. The molecule has 0 N–H and O–H groups in total. The molecule has 41 heavy (non-hydrogen) atoms. The van der Waals surface area contributed by atoms with Gasteiger partial charge >= 0.3 is 252 Å². The van der Waals surface area contributed by atoms with Gasteiger partial charge in [-0.1, -0.05) is 0 Å². The van der Waals surface area contributed by atoms with Gasteiger partial charge in [0.1, 0.15) is 0 Å². The summed E-state index contributed by atoms with van der Waals surface area (Å²) >= 11 is -0.576. The normalized spacial score (nSPS) is 22.9. The summed E-state index contributed by atoms with van der Waals surface area (Å²) in [7, 11) is 0. The van der Waals surface area contributed by atoms with Crippen LogP contribution < -0.4 is 4.74 Å². The summed E-state index contributed by atoms with van der Waals surface area (Å²) in [4.78, 5) is 10.3. The second kappa shape index (κ2) is 8.78. The van der Waals surface area contributed by atoms with Crippen LogP contribution in [-0.2, 0) is 28.7 Å². The molecule has 212 valence electrons. The van der Waals surface area contributed by atoms with E-state index >= 15 is 0 Å². The third-order valence-corrected chi connectivity index (χ3v) is 12.5. The van der Waals surface area contributed by atoms with E-state index in [1.807, 2.05) is 12.1 Å². The summed E-state index contributed by atoms with van der Waals surface area (Å²) in [6.07, 6.45) is 11.6. The van der Waals surface area contributed by atoms with Crippen molar-refractivity contribution in [3.8, 4) is 11.5 Å². The van der Waals surface area contributed by atoms with Gasteiger partial charge in [-0.25, -0.2) is 0 Å². The molecular weight excluding hydrogens is 687 g/mol. The molecule has 4 heterocycles. The van der Waals surface area contributed by atoms with Gasteiger partial charge in [0.2, 0.25) is 0 Å².